The fourth-order valence-electron chi connectivity index (χ4n) is 2.94. The molecule has 1 fully saturated rings. The minimum atomic E-state index is -0.381. The van der Waals surface area contributed by atoms with Gasteiger partial charge >= 0.3 is 0 Å². The molecule has 3 nitrogen and oxygen atoms in total. The average molecular weight is 249 g/mol. The Bertz CT molecular complexity index is 363. The quantitative estimate of drug-likeness (QED) is 0.861. The SMILES string of the molecule is CNC1CCCCC1C(O)c1ccc(OC)cc1. The normalized spacial score (nSPS) is 25.7. The smallest absolute Gasteiger partial charge is 0.118 e. The van der Waals surface area contributed by atoms with Crippen LogP contribution in [0.25, 0.3) is 0 Å². The van der Waals surface area contributed by atoms with Crippen LogP contribution in [-0.2, 0) is 0 Å². The third kappa shape index (κ3) is 2.85. The van der Waals surface area contributed by atoms with Gasteiger partial charge in [0, 0.05) is 12.0 Å². The molecule has 3 heteroatoms. The Morgan fingerprint density at radius 1 is 1.22 bits per heavy atom. The predicted octanol–water partition coefficient (Wildman–Crippen LogP) is 2.51. The van der Waals surface area contributed by atoms with E-state index >= 15 is 0 Å². The Kier molecular flexibility index (Phi) is 4.61. The number of hydrogen-bond donors (Lipinski definition) is 2. The molecule has 0 bridgehead atoms. The second-order valence-corrected chi connectivity index (χ2v) is 5.06. The molecule has 1 aliphatic rings. The molecule has 1 aliphatic carbocycles. The van der Waals surface area contributed by atoms with Crippen molar-refractivity contribution in [2.75, 3.05) is 14.2 Å². The van der Waals surface area contributed by atoms with E-state index in [-0.39, 0.29) is 6.10 Å². The second-order valence-electron chi connectivity index (χ2n) is 5.06. The van der Waals surface area contributed by atoms with Gasteiger partial charge in [-0.05, 0) is 37.6 Å². The van der Waals surface area contributed by atoms with E-state index in [1.54, 1.807) is 7.11 Å². The van der Waals surface area contributed by atoms with Gasteiger partial charge in [0.15, 0.2) is 0 Å². The van der Waals surface area contributed by atoms with E-state index in [0.717, 1.165) is 24.2 Å². The largest absolute Gasteiger partial charge is 0.497 e. The van der Waals surface area contributed by atoms with Gasteiger partial charge in [0.05, 0.1) is 13.2 Å². The monoisotopic (exact) mass is 249 g/mol. The summed E-state index contributed by atoms with van der Waals surface area (Å²) in [7, 11) is 3.65. The minimum Gasteiger partial charge on any atom is -0.497 e. The molecule has 0 spiro atoms. The molecule has 0 saturated heterocycles. The molecule has 100 valence electrons. The van der Waals surface area contributed by atoms with Crippen LogP contribution in [0.15, 0.2) is 24.3 Å². The molecule has 0 aliphatic heterocycles. The van der Waals surface area contributed by atoms with E-state index in [2.05, 4.69) is 5.32 Å². The first-order valence-electron chi connectivity index (χ1n) is 6.75. The average Bonchev–Trinajstić information content (AvgIpc) is 2.46. The van der Waals surface area contributed by atoms with Gasteiger partial charge in [-0.25, -0.2) is 0 Å². The highest BCUT2D eigenvalue weighted by atomic mass is 16.5. The molecule has 0 amide bonds. The first kappa shape index (κ1) is 13.4. The molecule has 1 aromatic carbocycles. The predicted molar refractivity (Wildman–Crippen MR) is 72.8 cm³/mol. The van der Waals surface area contributed by atoms with Crippen molar-refractivity contribution in [2.45, 2.75) is 37.8 Å². The van der Waals surface area contributed by atoms with Gasteiger partial charge in [-0.15, -0.1) is 0 Å². The lowest BCUT2D eigenvalue weighted by Crippen LogP contribution is -2.39. The molecule has 2 rings (SSSR count). The Hall–Kier alpha value is -1.06. The van der Waals surface area contributed by atoms with Crippen molar-refractivity contribution in [1.29, 1.82) is 0 Å². The van der Waals surface area contributed by atoms with Gasteiger partial charge in [-0.2, -0.15) is 0 Å². The van der Waals surface area contributed by atoms with Crippen LogP contribution in [0.2, 0.25) is 0 Å². The van der Waals surface area contributed by atoms with Crippen LogP contribution in [0.5, 0.6) is 5.75 Å². The molecule has 0 heterocycles. The summed E-state index contributed by atoms with van der Waals surface area (Å²) in [5.41, 5.74) is 0.989. The summed E-state index contributed by atoms with van der Waals surface area (Å²) in [6.45, 7) is 0. The highest BCUT2D eigenvalue weighted by Gasteiger charge is 2.30. The first-order valence-corrected chi connectivity index (χ1v) is 6.75. The van der Waals surface area contributed by atoms with Crippen molar-refractivity contribution < 1.29 is 9.84 Å². The van der Waals surface area contributed by atoms with Gasteiger partial charge in [-0.3, -0.25) is 0 Å². The molecule has 3 unspecified atom stereocenters. The Balaban J connectivity index is 2.10. The topological polar surface area (TPSA) is 41.5 Å². The van der Waals surface area contributed by atoms with Crippen LogP contribution < -0.4 is 10.1 Å². The lowest BCUT2D eigenvalue weighted by molar-refractivity contribution is 0.0638. The molecule has 1 aromatic rings. The van der Waals surface area contributed by atoms with Crippen molar-refractivity contribution in [3.63, 3.8) is 0 Å². The van der Waals surface area contributed by atoms with Crippen molar-refractivity contribution in [3.8, 4) is 5.75 Å². The third-order valence-corrected chi connectivity index (χ3v) is 4.05. The molecule has 2 N–H and O–H groups in total. The standard InChI is InChI=1S/C15H23NO2/c1-16-14-6-4-3-5-13(14)15(17)11-7-9-12(18-2)10-8-11/h7-10,13-17H,3-6H2,1-2H3. The van der Waals surface area contributed by atoms with Crippen molar-refractivity contribution >= 4 is 0 Å². The van der Waals surface area contributed by atoms with Gasteiger partial charge in [-0.1, -0.05) is 25.0 Å². The number of aliphatic hydroxyl groups excluding tert-OH is 1. The summed E-state index contributed by atoms with van der Waals surface area (Å²) in [6.07, 6.45) is 4.36. The maximum atomic E-state index is 10.5. The van der Waals surface area contributed by atoms with Crippen molar-refractivity contribution in [1.82, 2.24) is 5.32 Å². The zero-order valence-electron chi connectivity index (χ0n) is 11.2. The zero-order valence-corrected chi connectivity index (χ0v) is 11.2. The highest BCUT2D eigenvalue weighted by Crippen LogP contribution is 2.35. The van der Waals surface area contributed by atoms with E-state index in [0.29, 0.717) is 12.0 Å². The van der Waals surface area contributed by atoms with E-state index < -0.39 is 0 Å². The summed E-state index contributed by atoms with van der Waals surface area (Å²) < 4.78 is 5.14. The van der Waals surface area contributed by atoms with Crippen LogP contribution >= 0.6 is 0 Å². The van der Waals surface area contributed by atoms with Crippen LogP contribution in [0.1, 0.15) is 37.4 Å². The van der Waals surface area contributed by atoms with Gasteiger partial charge in [0.1, 0.15) is 5.75 Å². The number of benzene rings is 1. The van der Waals surface area contributed by atoms with Crippen molar-refractivity contribution in [3.05, 3.63) is 29.8 Å². The summed E-state index contributed by atoms with van der Waals surface area (Å²) in [4.78, 5) is 0. The van der Waals surface area contributed by atoms with Gasteiger partial charge in [0.25, 0.3) is 0 Å². The number of aliphatic hydroxyl groups is 1. The van der Waals surface area contributed by atoms with Crippen LogP contribution in [0, 0.1) is 5.92 Å². The maximum absolute atomic E-state index is 10.5. The number of nitrogens with one attached hydrogen (secondary N) is 1. The van der Waals surface area contributed by atoms with Gasteiger partial charge < -0.3 is 15.2 Å². The summed E-state index contributed by atoms with van der Waals surface area (Å²) >= 11 is 0. The van der Waals surface area contributed by atoms with E-state index in [4.69, 9.17) is 4.74 Å². The first-order chi connectivity index (χ1) is 8.76. The van der Waals surface area contributed by atoms with E-state index in [9.17, 15) is 5.11 Å². The molecule has 0 radical (unpaired) electrons. The maximum Gasteiger partial charge on any atom is 0.118 e. The summed E-state index contributed by atoms with van der Waals surface area (Å²) in [6, 6.07) is 8.18. The van der Waals surface area contributed by atoms with Gasteiger partial charge in [0.2, 0.25) is 0 Å². The third-order valence-electron chi connectivity index (χ3n) is 4.05. The second kappa shape index (κ2) is 6.21. The minimum absolute atomic E-state index is 0.317. The van der Waals surface area contributed by atoms with Crippen LogP contribution in [0.4, 0.5) is 0 Å². The molecular formula is C15H23NO2. The molecular weight excluding hydrogens is 226 g/mol. The van der Waals surface area contributed by atoms with Crippen LogP contribution in [-0.4, -0.2) is 25.3 Å². The summed E-state index contributed by atoms with van der Waals surface area (Å²) in [5.74, 6) is 1.15. The van der Waals surface area contributed by atoms with Crippen LogP contribution in [0.3, 0.4) is 0 Å². The molecule has 1 saturated carbocycles. The highest BCUT2D eigenvalue weighted by molar-refractivity contribution is 5.29. The molecule has 18 heavy (non-hydrogen) atoms. The van der Waals surface area contributed by atoms with Crippen molar-refractivity contribution in [2.24, 2.45) is 5.92 Å². The number of hydrogen-bond acceptors (Lipinski definition) is 3. The lowest BCUT2D eigenvalue weighted by atomic mass is 9.79. The lowest BCUT2D eigenvalue weighted by Gasteiger charge is -2.34. The number of ether oxygens (including phenoxy) is 1. The summed E-state index contributed by atoms with van der Waals surface area (Å²) in [5, 5.41) is 13.9. The Morgan fingerprint density at radius 2 is 1.89 bits per heavy atom. The number of rotatable bonds is 4. The zero-order chi connectivity index (χ0) is 13.0. The fraction of sp³-hybridized carbons (Fsp3) is 0.600. The fourth-order valence-corrected chi connectivity index (χ4v) is 2.94. The van der Waals surface area contributed by atoms with E-state index in [1.165, 1.54) is 12.8 Å². The molecule has 0 aromatic heterocycles. The Morgan fingerprint density at radius 3 is 2.50 bits per heavy atom. The Labute approximate surface area is 109 Å². The van der Waals surface area contributed by atoms with E-state index in [1.807, 2.05) is 31.3 Å². The molecule has 3 atom stereocenters. The number of methoxy groups -OCH3 is 1.